The second-order valence-corrected chi connectivity index (χ2v) is 9.47. The van der Waals surface area contributed by atoms with Crippen LogP contribution in [0.4, 0.5) is 18.9 Å². The lowest BCUT2D eigenvalue weighted by Crippen LogP contribution is -2.16. The van der Waals surface area contributed by atoms with Gasteiger partial charge in [0.15, 0.2) is 11.5 Å². The molecule has 0 atom stereocenters. The van der Waals surface area contributed by atoms with E-state index in [1.165, 1.54) is 23.9 Å². The Labute approximate surface area is 197 Å². The average Bonchev–Trinajstić information content (AvgIpc) is 3.40. The Morgan fingerprint density at radius 1 is 1.17 bits per heavy atom. The summed E-state index contributed by atoms with van der Waals surface area (Å²) in [7, 11) is -1.05. The minimum Gasteiger partial charge on any atom is -0.494 e. The Balaban J connectivity index is 1.51. The van der Waals surface area contributed by atoms with Gasteiger partial charge in [-0.25, -0.2) is 18.1 Å². The standard InChI is InChI=1S/C21H19F3N6O4S/c1-29-19-12(9-26-29)3-5-16(33-2)18(19)28-35(31,32)13-4-6-17(25-10-13)30-15-7-8-34-11-14(15)20(27-30)21(22,23)24/h3-6,9-10,28H,7-8,11H2,1-2H3. The van der Waals surface area contributed by atoms with E-state index in [2.05, 4.69) is 19.9 Å². The van der Waals surface area contributed by atoms with E-state index in [1.807, 2.05) is 0 Å². The first-order chi connectivity index (χ1) is 16.6. The second-order valence-electron chi connectivity index (χ2n) is 7.79. The van der Waals surface area contributed by atoms with Gasteiger partial charge in [-0.15, -0.1) is 0 Å². The SMILES string of the molecule is COc1ccc2cnn(C)c2c1NS(=O)(=O)c1ccc(-n2nc(C(F)(F)F)c3c2CCOC3)nc1. The van der Waals surface area contributed by atoms with Crippen LogP contribution in [0.15, 0.2) is 41.6 Å². The van der Waals surface area contributed by atoms with Gasteiger partial charge in [0.2, 0.25) is 0 Å². The first-order valence-electron chi connectivity index (χ1n) is 10.3. The molecule has 0 bridgehead atoms. The highest BCUT2D eigenvalue weighted by Crippen LogP contribution is 2.36. The summed E-state index contributed by atoms with van der Waals surface area (Å²) >= 11 is 0. The van der Waals surface area contributed by atoms with Crippen LogP contribution in [0, 0.1) is 0 Å². The number of methoxy groups -OCH3 is 1. The maximum absolute atomic E-state index is 13.5. The molecule has 4 heterocycles. The van der Waals surface area contributed by atoms with Gasteiger partial charge in [-0.3, -0.25) is 9.40 Å². The molecule has 0 amide bonds. The van der Waals surface area contributed by atoms with Crippen LogP contribution < -0.4 is 9.46 Å². The Bertz CT molecular complexity index is 1530. The van der Waals surface area contributed by atoms with Crippen molar-refractivity contribution in [3.8, 4) is 11.6 Å². The molecular weight excluding hydrogens is 489 g/mol. The predicted octanol–water partition coefficient (Wildman–Crippen LogP) is 3.05. The number of ether oxygens (including phenoxy) is 2. The maximum Gasteiger partial charge on any atom is 0.435 e. The number of nitrogens with one attached hydrogen (secondary N) is 1. The fraction of sp³-hybridized carbons (Fsp3) is 0.286. The van der Waals surface area contributed by atoms with Gasteiger partial charge in [0.25, 0.3) is 10.0 Å². The Hall–Kier alpha value is -3.65. The zero-order valence-electron chi connectivity index (χ0n) is 18.5. The van der Waals surface area contributed by atoms with E-state index in [0.717, 1.165) is 10.9 Å². The zero-order chi connectivity index (χ0) is 25.0. The molecule has 0 aliphatic carbocycles. The van der Waals surface area contributed by atoms with E-state index >= 15 is 0 Å². The molecule has 184 valence electrons. The van der Waals surface area contributed by atoms with Gasteiger partial charge in [0.05, 0.1) is 37.7 Å². The molecule has 3 aromatic heterocycles. The van der Waals surface area contributed by atoms with Crippen molar-refractivity contribution < 1.29 is 31.1 Å². The Morgan fingerprint density at radius 2 is 1.97 bits per heavy atom. The van der Waals surface area contributed by atoms with E-state index in [9.17, 15) is 21.6 Å². The second kappa shape index (κ2) is 8.23. The third kappa shape index (κ3) is 3.97. The number of hydrogen-bond donors (Lipinski definition) is 1. The van der Waals surface area contributed by atoms with Crippen LogP contribution >= 0.6 is 0 Å². The highest BCUT2D eigenvalue weighted by Gasteiger charge is 2.40. The minimum absolute atomic E-state index is 0.0414. The summed E-state index contributed by atoms with van der Waals surface area (Å²) in [4.78, 5) is 3.91. The summed E-state index contributed by atoms with van der Waals surface area (Å²) < 4.78 is 82.3. The smallest absolute Gasteiger partial charge is 0.435 e. The largest absolute Gasteiger partial charge is 0.494 e. The number of anilines is 1. The summed E-state index contributed by atoms with van der Waals surface area (Å²) in [6.07, 6.45) is -1.78. The molecular formula is C21H19F3N6O4S. The zero-order valence-corrected chi connectivity index (χ0v) is 19.3. The maximum atomic E-state index is 13.5. The van der Waals surface area contributed by atoms with Crippen LogP contribution in [0.5, 0.6) is 5.75 Å². The molecule has 4 aromatic rings. The highest BCUT2D eigenvalue weighted by molar-refractivity contribution is 7.92. The lowest BCUT2D eigenvalue weighted by molar-refractivity contribution is -0.142. The molecule has 0 saturated heterocycles. The van der Waals surface area contributed by atoms with Gasteiger partial charge in [-0.1, -0.05) is 0 Å². The van der Waals surface area contributed by atoms with Crippen molar-refractivity contribution in [2.45, 2.75) is 24.1 Å². The van der Waals surface area contributed by atoms with Crippen molar-refractivity contribution >= 4 is 26.6 Å². The van der Waals surface area contributed by atoms with Crippen molar-refractivity contribution in [1.82, 2.24) is 24.5 Å². The number of aryl methyl sites for hydroxylation is 1. The quantitative estimate of drug-likeness (QED) is 0.441. The number of halogens is 3. The lowest BCUT2D eigenvalue weighted by atomic mass is 10.1. The number of nitrogens with zero attached hydrogens (tertiary/aromatic N) is 5. The molecule has 1 aliphatic heterocycles. The van der Waals surface area contributed by atoms with Gasteiger partial charge in [-0.05, 0) is 24.3 Å². The first-order valence-corrected chi connectivity index (χ1v) is 11.8. The van der Waals surface area contributed by atoms with Crippen LogP contribution in [0.3, 0.4) is 0 Å². The summed E-state index contributed by atoms with van der Waals surface area (Å²) in [6.45, 7) is 0.0374. The number of fused-ring (bicyclic) bond motifs is 2. The summed E-state index contributed by atoms with van der Waals surface area (Å²) in [5.41, 5.74) is -0.0333. The van der Waals surface area contributed by atoms with Crippen LogP contribution in [-0.4, -0.2) is 46.7 Å². The summed E-state index contributed by atoms with van der Waals surface area (Å²) in [6, 6.07) is 5.92. The number of hydrogen-bond acceptors (Lipinski definition) is 7. The monoisotopic (exact) mass is 508 g/mol. The molecule has 10 nitrogen and oxygen atoms in total. The van der Waals surface area contributed by atoms with Gasteiger partial charge >= 0.3 is 6.18 Å². The van der Waals surface area contributed by atoms with E-state index in [4.69, 9.17) is 9.47 Å². The van der Waals surface area contributed by atoms with Gasteiger partial charge < -0.3 is 9.47 Å². The van der Waals surface area contributed by atoms with E-state index in [1.54, 1.807) is 25.4 Å². The molecule has 1 aliphatic rings. The summed E-state index contributed by atoms with van der Waals surface area (Å²) in [5.74, 6) is 0.350. The van der Waals surface area contributed by atoms with Crippen molar-refractivity contribution in [3.05, 3.63) is 53.6 Å². The molecule has 0 spiro atoms. The topological polar surface area (TPSA) is 113 Å². The van der Waals surface area contributed by atoms with Gasteiger partial charge in [0.1, 0.15) is 16.3 Å². The fourth-order valence-corrected chi connectivity index (χ4v) is 5.04. The van der Waals surface area contributed by atoms with Gasteiger partial charge in [-0.2, -0.15) is 23.4 Å². The van der Waals surface area contributed by atoms with Crippen LogP contribution in [0.1, 0.15) is 17.0 Å². The number of aromatic nitrogens is 5. The van der Waals surface area contributed by atoms with Crippen molar-refractivity contribution in [1.29, 1.82) is 0 Å². The molecule has 0 fully saturated rings. The molecule has 5 rings (SSSR count). The molecule has 0 unspecified atom stereocenters. The van der Waals surface area contributed by atoms with Crippen molar-refractivity contribution in [2.75, 3.05) is 18.4 Å². The predicted molar refractivity (Wildman–Crippen MR) is 118 cm³/mol. The molecule has 35 heavy (non-hydrogen) atoms. The molecule has 1 N–H and O–H groups in total. The third-order valence-electron chi connectivity index (χ3n) is 5.66. The number of benzene rings is 1. The number of rotatable bonds is 5. The number of pyridine rings is 1. The first kappa shape index (κ1) is 23.1. The molecule has 0 saturated carbocycles. The van der Waals surface area contributed by atoms with Crippen LogP contribution in [-0.2, 0) is 41.0 Å². The number of sulfonamides is 1. The van der Waals surface area contributed by atoms with Gasteiger partial charge in [0, 0.05) is 30.6 Å². The average molecular weight is 508 g/mol. The van der Waals surface area contributed by atoms with E-state index in [-0.39, 0.29) is 41.6 Å². The van der Waals surface area contributed by atoms with E-state index < -0.39 is 21.9 Å². The summed E-state index contributed by atoms with van der Waals surface area (Å²) in [5, 5.41) is 8.56. The molecule has 14 heteroatoms. The fourth-order valence-electron chi connectivity index (χ4n) is 4.02. The van der Waals surface area contributed by atoms with Crippen molar-refractivity contribution in [2.24, 2.45) is 7.05 Å². The molecule has 1 aromatic carbocycles. The third-order valence-corrected chi connectivity index (χ3v) is 6.99. The van der Waals surface area contributed by atoms with Crippen LogP contribution in [0.2, 0.25) is 0 Å². The van der Waals surface area contributed by atoms with Crippen LogP contribution in [0.25, 0.3) is 16.7 Å². The normalized spacial score (nSPS) is 14.2. The Morgan fingerprint density at radius 3 is 2.66 bits per heavy atom. The minimum atomic E-state index is -4.66. The number of alkyl halides is 3. The lowest BCUT2D eigenvalue weighted by Gasteiger charge is -2.15. The van der Waals surface area contributed by atoms with E-state index in [0.29, 0.717) is 22.3 Å². The molecule has 0 radical (unpaired) electrons. The Kier molecular flexibility index (Phi) is 5.44. The highest BCUT2D eigenvalue weighted by atomic mass is 32.2. The van der Waals surface area contributed by atoms with Crippen molar-refractivity contribution in [3.63, 3.8) is 0 Å².